The Balaban J connectivity index is 2.15. The summed E-state index contributed by atoms with van der Waals surface area (Å²) in [7, 11) is 0. The van der Waals surface area contributed by atoms with Gasteiger partial charge in [0.05, 0.1) is 24.9 Å². The number of phenolic OH excluding ortho intramolecular Hbond substituents is 2. The summed E-state index contributed by atoms with van der Waals surface area (Å²) in [5, 5.41) is 27.8. The van der Waals surface area contributed by atoms with E-state index in [2.05, 4.69) is 0 Å². The van der Waals surface area contributed by atoms with E-state index in [1.165, 1.54) is 17.0 Å². The van der Waals surface area contributed by atoms with Gasteiger partial charge in [0.15, 0.2) is 0 Å². The van der Waals surface area contributed by atoms with Gasteiger partial charge in [0.2, 0.25) is 0 Å². The summed E-state index contributed by atoms with van der Waals surface area (Å²) >= 11 is 0. The minimum atomic E-state index is -0.387. The van der Waals surface area contributed by atoms with Crippen molar-refractivity contribution in [2.45, 2.75) is 6.10 Å². The Morgan fingerprint density at radius 2 is 2.22 bits per heavy atom. The summed E-state index contributed by atoms with van der Waals surface area (Å²) in [4.78, 5) is 13.7. The molecule has 1 aliphatic heterocycles. The van der Waals surface area contributed by atoms with E-state index in [1.807, 2.05) is 0 Å². The second kappa shape index (κ2) is 5.24. The molecule has 1 fully saturated rings. The fourth-order valence-electron chi connectivity index (χ4n) is 1.89. The number of aliphatic hydroxyl groups is 1. The van der Waals surface area contributed by atoms with Crippen molar-refractivity contribution in [3.63, 3.8) is 0 Å². The minimum Gasteiger partial charge on any atom is -0.508 e. The van der Waals surface area contributed by atoms with Gasteiger partial charge >= 0.3 is 0 Å². The van der Waals surface area contributed by atoms with Crippen molar-refractivity contribution in [2.75, 3.05) is 26.3 Å². The fourth-order valence-corrected chi connectivity index (χ4v) is 1.89. The van der Waals surface area contributed by atoms with E-state index in [-0.39, 0.29) is 42.2 Å². The van der Waals surface area contributed by atoms with Crippen LogP contribution in [0.15, 0.2) is 18.2 Å². The van der Waals surface area contributed by atoms with E-state index >= 15 is 0 Å². The van der Waals surface area contributed by atoms with Crippen LogP contribution < -0.4 is 0 Å². The molecule has 1 heterocycles. The molecule has 1 saturated heterocycles. The standard InChI is InChI=1S/C12H15NO5/c14-7-9-6-13(3-4-18-9)12(17)10-2-1-8(15)5-11(10)16/h1-2,5,9,14-16H,3-4,6-7H2. The monoisotopic (exact) mass is 253 g/mol. The van der Waals surface area contributed by atoms with E-state index in [0.717, 1.165) is 6.07 Å². The molecule has 6 nitrogen and oxygen atoms in total. The maximum atomic E-state index is 12.1. The number of aliphatic hydroxyl groups excluding tert-OH is 1. The molecule has 1 aromatic carbocycles. The number of hydrogen-bond acceptors (Lipinski definition) is 5. The van der Waals surface area contributed by atoms with Crippen LogP contribution in [0.2, 0.25) is 0 Å². The van der Waals surface area contributed by atoms with Gasteiger partial charge in [-0.3, -0.25) is 4.79 Å². The lowest BCUT2D eigenvalue weighted by atomic mass is 10.1. The third-order valence-corrected chi connectivity index (χ3v) is 2.84. The number of morpholine rings is 1. The second-order valence-electron chi connectivity index (χ2n) is 4.13. The highest BCUT2D eigenvalue weighted by Crippen LogP contribution is 2.24. The maximum Gasteiger partial charge on any atom is 0.257 e. The molecule has 98 valence electrons. The van der Waals surface area contributed by atoms with Gasteiger partial charge < -0.3 is 25.0 Å². The lowest BCUT2D eigenvalue weighted by Gasteiger charge is -2.32. The highest BCUT2D eigenvalue weighted by atomic mass is 16.5. The highest BCUT2D eigenvalue weighted by molar-refractivity contribution is 5.97. The van der Waals surface area contributed by atoms with Crippen LogP contribution in [0, 0.1) is 0 Å². The van der Waals surface area contributed by atoms with Gasteiger partial charge in [-0.15, -0.1) is 0 Å². The van der Waals surface area contributed by atoms with Crippen LogP contribution >= 0.6 is 0 Å². The molecule has 2 rings (SSSR count). The van der Waals surface area contributed by atoms with Crippen LogP contribution in [0.3, 0.4) is 0 Å². The molecule has 1 atom stereocenters. The van der Waals surface area contributed by atoms with E-state index in [0.29, 0.717) is 13.2 Å². The quantitative estimate of drug-likeness (QED) is 0.686. The van der Waals surface area contributed by atoms with E-state index < -0.39 is 0 Å². The summed E-state index contributed by atoms with van der Waals surface area (Å²) in [5.41, 5.74) is 0.131. The Hall–Kier alpha value is -1.79. The Kier molecular flexibility index (Phi) is 3.69. The number of amides is 1. The predicted octanol–water partition coefficient (Wildman–Crippen LogP) is -0.0689. The molecular weight excluding hydrogens is 238 g/mol. The zero-order valence-electron chi connectivity index (χ0n) is 9.74. The van der Waals surface area contributed by atoms with Gasteiger partial charge in [-0.2, -0.15) is 0 Å². The summed E-state index contributed by atoms with van der Waals surface area (Å²) in [6.07, 6.45) is -0.387. The molecule has 1 aromatic rings. The highest BCUT2D eigenvalue weighted by Gasteiger charge is 2.26. The Morgan fingerprint density at radius 3 is 2.89 bits per heavy atom. The molecule has 0 saturated carbocycles. The first kappa shape index (κ1) is 12.7. The van der Waals surface area contributed by atoms with Crippen LogP contribution in [0.5, 0.6) is 11.5 Å². The van der Waals surface area contributed by atoms with Gasteiger partial charge in [-0.05, 0) is 12.1 Å². The second-order valence-corrected chi connectivity index (χ2v) is 4.13. The van der Waals surface area contributed by atoms with Crippen molar-refractivity contribution in [3.8, 4) is 11.5 Å². The summed E-state index contributed by atoms with van der Waals surface area (Å²) in [5.74, 6) is -0.694. The zero-order chi connectivity index (χ0) is 13.1. The first-order chi connectivity index (χ1) is 8.61. The largest absolute Gasteiger partial charge is 0.508 e. The number of hydrogen-bond donors (Lipinski definition) is 3. The lowest BCUT2D eigenvalue weighted by molar-refractivity contribution is -0.0447. The maximum absolute atomic E-state index is 12.1. The number of rotatable bonds is 2. The fraction of sp³-hybridized carbons (Fsp3) is 0.417. The molecule has 6 heteroatoms. The molecule has 0 bridgehead atoms. The van der Waals surface area contributed by atoms with E-state index in [9.17, 15) is 15.0 Å². The molecule has 18 heavy (non-hydrogen) atoms. The van der Waals surface area contributed by atoms with Crippen molar-refractivity contribution >= 4 is 5.91 Å². The molecule has 0 spiro atoms. The molecule has 1 amide bonds. The lowest BCUT2D eigenvalue weighted by Crippen LogP contribution is -2.46. The summed E-state index contributed by atoms with van der Waals surface area (Å²) < 4.78 is 5.25. The van der Waals surface area contributed by atoms with Crippen LogP contribution in [0.1, 0.15) is 10.4 Å². The molecular formula is C12H15NO5. The van der Waals surface area contributed by atoms with Crippen LogP contribution in [0.25, 0.3) is 0 Å². The Labute approximate surface area is 104 Å². The first-order valence-electron chi connectivity index (χ1n) is 5.65. The number of carbonyl (C=O) groups is 1. The number of ether oxygens (including phenoxy) is 1. The predicted molar refractivity (Wildman–Crippen MR) is 62.5 cm³/mol. The minimum absolute atomic E-state index is 0.0979. The molecule has 1 aliphatic rings. The van der Waals surface area contributed by atoms with E-state index in [1.54, 1.807) is 0 Å². The molecule has 3 N–H and O–H groups in total. The van der Waals surface area contributed by atoms with Gasteiger partial charge in [-0.1, -0.05) is 0 Å². The van der Waals surface area contributed by atoms with Gasteiger partial charge in [-0.25, -0.2) is 0 Å². The number of phenols is 2. The third-order valence-electron chi connectivity index (χ3n) is 2.84. The molecule has 1 unspecified atom stereocenters. The molecule has 0 aliphatic carbocycles. The van der Waals surface area contributed by atoms with Crippen molar-refractivity contribution in [2.24, 2.45) is 0 Å². The average Bonchev–Trinajstić information content (AvgIpc) is 2.38. The Morgan fingerprint density at radius 1 is 1.44 bits per heavy atom. The number of nitrogens with zero attached hydrogens (tertiary/aromatic N) is 1. The molecule has 0 aromatic heterocycles. The van der Waals surface area contributed by atoms with Gasteiger partial charge in [0.25, 0.3) is 5.91 Å². The van der Waals surface area contributed by atoms with E-state index in [4.69, 9.17) is 9.84 Å². The average molecular weight is 253 g/mol. The normalized spacial score (nSPS) is 19.8. The SMILES string of the molecule is O=C(c1ccc(O)cc1O)N1CCOC(CO)C1. The van der Waals surface area contributed by atoms with Crippen molar-refractivity contribution in [1.29, 1.82) is 0 Å². The summed E-state index contributed by atoms with van der Waals surface area (Å²) in [6, 6.07) is 3.84. The first-order valence-corrected chi connectivity index (χ1v) is 5.65. The van der Waals surface area contributed by atoms with Gasteiger partial charge in [0, 0.05) is 19.2 Å². The number of aromatic hydroxyl groups is 2. The van der Waals surface area contributed by atoms with Crippen molar-refractivity contribution in [1.82, 2.24) is 4.90 Å². The smallest absolute Gasteiger partial charge is 0.257 e. The van der Waals surface area contributed by atoms with Crippen LogP contribution in [-0.4, -0.2) is 58.5 Å². The Bertz CT molecular complexity index is 448. The van der Waals surface area contributed by atoms with Gasteiger partial charge in [0.1, 0.15) is 11.5 Å². The topological polar surface area (TPSA) is 90.2 Å². The number of benzene rings is 1. The molecule has 0 radical (unpaired) electrons. The van der Waals surface area contributed by atoms with Crippen molar-refractivity contribution < 1.29 is 24.9 Å². The number of carbonyl (C=O) groups excluding carboxylic acids is 1. The zero-order valence-corrected chi connectivity index (χ0v) is 9.74. The van der Waals surface area contributed by atoms with Crippen LogP contribution in [-0.2, 0) is 4.74 Å². The summed E-state index contributed by atoms with van der Waals surface area (Å²) in [6.45, 7) is 0.909. The van der Waals surface area contributed by atoms with Crippen molar-refractivity contribution in [3.05, 3.63) is 23.8 Å². The third kappa shape index (κ3) is 2.55. The van der Waals surface area contributed by atoms with Crippen LogP contribution in [0.4, 0.5) is 0 Å².